The summed E-state index contributed by atoms with van der Waals surface area (Å²) >= 11 is 1.43. The molecule has 1 aliphatic rings. The highest BCUT2D eigenvalue weighted by Crippen LogP contribution is 2.43. The molecule has 0 spiro atoms. The molecule has 1 atom stereocenters. The second-order valence-corrected chi connectivity index (χ2v) is 8.42. The first-order chi connectivity index (χ1) is 12.1. The highest BCUT2D eigenvalue weighted by molar-refractivity contribution is 8.00. The molecular weight excluding hydrogens is 359 g/mol. The minimum Gasteiger partial charge on any atom is -0.295 e. The van der Waals surface area contributed by atoms with Crippen molar-refractivity contribution >= 4 is 23.4 Å². The minimum atomic E-state index is -4.43. The maximum atomic E-state index is 13.0. The fourth-order valence-corrected chi connectivity index (χ4v) is 4.11. The number of benzene rings is 2. The molecule has 1 amide bonds. The molecule has 1 fully saturated rings. The molecule has 1 saturated heterocycles. The zero-order chi connectivity index (χ0) is 19.1. The van der Waals surface area contributed by atoms with Gasteiger partial charge in [-0.05, 0) is 34.7 Å². The summed E-state index contributed by atoms with van der Waals surface area (Å²) in [5, 5.41) is -0.319. The molecule has 138 valence electrons. The Morgan fingerprint density at radius 1 is 1.00 bits per heavy atom. The fourth-order valence-electron chi connectivity index (χ4n) is 2.93. The van der Waals surface area contributed by atoms with Crippen LogP contribution in [0.25, 0.3) is 0 Å². The summed E-state index contributed by atoms with van der Waals surface area (Å²) in [6, 6.07) is 12.9. The molecule has 0 N–H and O–H groups in total. The average Bonchev–Trinajstić information content (AvgIpc) is 2.95. The average molecular weight is 379 g/mol. The lowest BCUT2D eigenvalue weighted by atomic mass is 9.86. The van der Waals surface area contributed by atoms with E-state index in [1.807, 2.05) is 24.3 Å². The summed E-state index contributed by atoms with van der Waals surface area (Å²) in [5.41, 5.74) is 1.62. The zero-order valence-electron chi connectivity index (χ0n) is 14.8. The van der Waals surface area contributed by atoms with Crippen LogP contribution in [-0.2, 0) is 16.4 Å². The van der Waals surface area contributed by atoms with Gasteiger partial charge in [0, 0.05) is 5.69 Å². The molecule has 0 radical (unpaired) electrons. The summed E-state index contributed by atoms with van der Waals surface area (Å²) in [6.45, 7) is 6.35. The van der Waals surface area contributed by atoms with Crippen molar-refractivity contribution in [1.82, 2.24) is 0 Å². The predicted molar refractivity (Wildman–Crippen MR) is 99.3 cm³/mol. The van der Waals surface area contributed by atoms with E-state index in [0.29, 0.717) is 0 Å². The maximum Gasteiger partial charge on any atom is 0.416 e. The number of amides is 1. The van der Waals surface area contributed by atoms with Crippen LogP contribution in [0.15, 0.2) is 48.5 Å². The molecule has 1 aliphatic heterocycles. The van der Waals surface area contributed by atoms with Gasteiger partial charge >= 0.3 is 6.18 Å². The number of carbonyl (C=O) groups excluding carboxylic acids is 1. The largest absolute Gasteiger partial charge is 0.416 e. The Bertz CT molecular complexity index is 809. The van der Waals surface area contributed by atoms with Gasteiger partial charge in [0.15, 0.2) is 0 Å². The molecule has 3 rings (SSSR count). The number of thioether (sulfide) groups is 1. The molecule has 26 heavy (non-hydrogen) atoms. The SMILES string of the molecule is CC(C)(C)c1ccc([C@@H]2SCC(=O)N2c2cccc(C(F)(F)F)c2)cc1. The van der Waals surface area contributed by atoms with Gasteiger partial charge in [0.25, 0.3) is 0 Å². The van der Waals surface area contributed by atoms with Gasteiger partial charge in [-0.2, -0.15) is 13.2 Å². The van der Waals surface area contributed by atoms with Crippen molar-refractivity contribution < 1.29 is 18.0 Å². The number of hydrogen-bond acceptors (Lipinski definition) is 2. The molecule has 2 nitrogen and oxygen atoms in total. The van der Waals surface area contributed by atoms with E-state index in [4.69, 9.17) is 0 Å². The van der Waals surface area contributed by atoms with E-state index < -0.39 is 11.7 Å². The van der Waals surface area contributed by atoms with Crippen molar-refractivity contribution in [3.63, 3.8) is 0 Å². The van der Waals surface area contributed by atoms with Gasteiger partial charge in [0.1, 0.15) is 5.37 Å². The van der Waals surface area contributed by atoms with Crippen LogP contribution in [0.5, 0.6) is 0 Å². The molecule has 6 heteroatoms. The molecular formula is C20H20F3NOS. The molecule has 0 aromatic heterocycles. The van der Waals surface area contributed by atoms with Crippen LogP contribution in [0.2, 0.25) is 0 Å². The first-order valence-electron chi connectivity index (χ1n) is 8.29. The smallest absolute Gasteiger partial charge is 0.295 e. The fraction of sp³-hybridized carbons (Fsp3) is 0.350. The van der Waals surface area contributed by atoms with E-state index in [-0.39, 0.29) is 28.1 Å². The monoisotopic (exact) mass is 379 g/mol. The van der Waals surface area contributed by atoms with Crippen LogP contribution in [0.3, 0.4) is 0 Å². The van der Waals surface area contributed by atoms with Gasteiger partial charge in [-0.25, -0.2) is 0 Å². The normalized spacial score (nSPS) is 18.5. The van der Waals surface area contributed by atoms with Gasteiger partial charge in [-0.1, -0.05) is 51.1 Å². The van der Waals surface area contributed by atoms with Crippen molar-refractivity contribution in [3.8, 4) is 0 Å². The van der Waals surface area contributed by atoms with Crippen molar-refractivity contribution in [2.24, 2.45) is 0 Å². The standard InChI is InChI=1S/C20H20F3NOS/c1-19(2,3)14-9-7-13(8-10-14)18-24(17(25)12-26-18)16-6-4-5-15(11-16)20(21,22)23/h4-11,18H,12H2,1-3H3/t18-/m0/s1. The van der Waals surface area contributed by atoms with E-state index in [2.05, 4.69) is 20.8 Å². The number of nitrogens with zero attached hydrogens (tertiary/aromatic N) is 1. The van der Waals surface area contributed by atoms with Gasteiger partial charge in [-0.3, -0.25) is 9.69 Å². The Morgan fingerprint density at radius 3 is 2.23 bits per heavy atom. The number of alkyl halides is 3. The molecule has 2 aromatic rings. The van der Waals surface area contributed by atoms with Crippen molar-refractivity contribution in [2.45, 2.75) is 37.7 Å². The third-order valence-corrected chi connectivity index (χ3v) is 5.59. The number of rotatable bonds is 2. The summed E-state index contributed by atoms with van der Waals surface area (Å²) < 4.78 is 39.1. The summed E-state index contributed by atoms with van der Waals surface area (Å²) in [7, 11) is 0. The van der Waals surface area contributed by atoms with Crippen molar-refractivity contribution in [3.05, 3.63) is 65.2 Å². The highest BCUT2D eigenvalue weighted by Gasteiger charge is 2.36. The molecule has 2 aromatic carbocycles. The summed E-state index contributed by atoms with van der Waals surface area (Å²) in [6.07, 6.45) is -4.43. The van der Waals surface area contributed by atoms with Crippen LogP contribution in [-0.4, -0.2) is 11.7 Å². The number of carbonyl (C=O) groups is 1. The van der Waals surface area contributed by atoms with Gasteiger partial charge in [0.05, 0.1) is 11.3 Å². The lowest BCUT2D eigenvalue weighted by molar-refractivity contribution is -0.137. The molecule has 0 bridgehead atoms. The van der Waals surface area contributed by atoms with Gasteiger partial charge < -0.3 is 0 Å². The van der Waals surface area contributed by atoms with Crippen LogP contribution in [0.1, 0.15) is 42.8 Å². The third-order valence-electron chi connectivity index (χ3n) is 4.38. The van der Waals surface area contributed by atoms with Crippen molar-refractivity contribution in [2.75, 3.05) is 10.7 Å². The molecule has 0 aliphatic carbocycles. The molecule has 0 saturated carbocycles. The van der Waals surface area contributed by atoms with E-state index in [1.54, 1.807) is 6.07 Å². The second-order valence-electron chi connectivity index (χ2n) is 7.35. The maximum absolute atomic E-state index is 13.0. The van der Waals surface area contributed by atoms with E-state index in [0.717, 1.165) is 17.7 Å². The van der Waals surface area contributed by atoms with Crippen LogP contribution >= 0.6 is 11.8 Å². The Labute approximate surface area is 155 Å². The Hall–Kier alpha value is -1.95. The Kier molecular flexibility index (Phi) is 4.82. The Morgan fingerprint density at radius 2 is 1.65 bits per heavy atom. The quantitative estimate of drug-likeness (QED) is 0.659. The zero-order valence-corrected chi connectivity index (χ0v) is 15.6. The number of anilines is 1. The predicted octanol–water partition coefficient (Wildman–Crippen LogP) is 5.78. The molecule has 1 heterocycles. The topological polar surface area (TPSA) is 20.3 Å². The van der Waals surface area contributed by atoms with Crippen LogP contribution < -0.4 is 4.90 Å². The first kappa shape index (κ1) is 18.8. The lowest BCUT2D eigenvalue weighted by Gasteiger charge is -2.26. The van der Waals surface area contributed by atoms with E-state index in [1.165, 1.54) is 28.3 Å². The van der Waals surface area contributed by atoms with E-state index >= 15 is 0 Å². The minimum absolute atomic E-state index is 0.0118. The summed E-state index contributed by atoms with van der Waals surface area (Å²) in [5.74, 6) is 0.0706. The first-order valence-corrected chi connectivity index (χ1v) is 9.33. The summed E-state index contributed by atoms with van der Waals surface area (Å²) in [4.78, 5) is 13.8. The second kappa shape index (κ2) is 6.65. The van der Waals surface area contributed by atoms with Gasteiger partial charge in [0.2, 0.25) is 5.91 Å². The van der Waals surface area contributed by atoms with Crippen LogP contribution in [0, 0.1) is 0 Å². The van der Waals surface area contributed by atoms with E-state index in [9.17, 15) is 18.0 Å². The number of halogens is 3. The lowest BCUT2D eigenvalue weighted by Crippen LogP contribution is -2.28. The highest BCUT2D eigenvalue weighted by atomic mass is 32.2. The third kappa shape index (κ3) is 3.75. The van der Waals surface area contributed by atoms with Gasteiger partial charge in [-0.15, -0.1) is 11.8 Å². The Balaban J connectivity index is 1.95. The van der Waals surface area contributed by atoms with Crippen LogP contribution in [0.4, 0.5) is 18.9 Å². The number of hydrogen-bond donors (Lipinski definition) is 0. The molecule has 0 unspecified atom stereocenters. The van der Waals surface area contributed by atoms with Crippen molar-refractivity contribution in [1.29, 1.82) is 0 Å².